The Morgan fingerprint density at radius 1 is 0.889 bits per heavy atom. The fraction of sp³-hybridized carbons (Fsp3) is 0.500. The molecule has 0 aromatic carbocycles. The van der Waals surface area contributed by atoms with E-state index in [0.717, 1.165) is 25.7 Å². The summed E-state index contributed by atoms with van der Waals surface area (Å²) in [6, 6.07) is 0. The van der Waals surface area contributed by atoms with Crippen LogP contribution in [0, 0.1) is 0 Å². The van der Waals surface area contributed by atoms with E-state index in [4.69, 9.17) is 30.9 Å². The van der Waals surface area contributed by atoms with Crippen molar-refractivity contribution in [2.24, 2.45) is 0 Å². The van der Waals surface area contributed by atoms with Crippen LogP contribution < -0.4 is 0 Å². The molecule has 0 unspecified atom stereocenters. The maximum absolute atomic E-state index is 10.9. The molecule has 27 heavy (non-hydrogen) atoms. The Hall–Kier alpha value is -2.05. The van der Waals surface area contributed by atoms with Crippen LogP contribution in [0.4, 0.5) is 0 Å². The van der Waals surface area contributed by atoms with Crippen LogP contribution >= 0.6 is 11.6 Å². The van der Waals surface area contributed by atoms with E-state index >= 15 is 0 Å². The number of esters is 1. The number of hydrogen-bond acceptors (Lipinski definition) is 6. The van der Waals surface area contributed by atoms with Crippen LogP contribution in [0.25, 0.3) is 0 Å². The molecule has 0 aliphatic carbocycles. The predicted molar refractivity (Wildman–Crippen MR) is 109 cm³/mol. The van der Waals surface area contributed by atoms with E-state index in [1.165, 1.54) is 12.5 Å². The molecule has 0 spiro atoms. The van der Waals surface area contributed by atoms with E-state index in [1.54, 1.807) is 13.8 Å². The molecule has 0 aromatic heterocycles. The third kappa shape index (κ3) is 32.1. The Kier molecular flexibility index (Phi) is 26.3. The van der Waals surface area contributed by atoms with E-state index in [-0.39, 0.29) is 12.6 Å². The minimum atomic E-state index is -0.463. The number of carbonyl (C=O) groups is 2. The average Bonchev–Trinajstić information content (AvgIpc) is 2.62. The number of unbranched alkanes of at least 4 members (excludes halogenated alkanes) is 2. The normalized spacial score (nSPS) is 8.59. The molecule has 156 valence electrons. The number of rotatable bonds is 13. The fourth-order valence-electron chi connectivity index (χ4n) is 1.04. The van der Waals surface area contributed by atoms with Crippen molar-refractivity contribution in [3.63, 3.8) is 0 Å². The topological polar surface area (TPSA) is 82.1 Å². The lowest BCUT2D eigenvalue weighted by atomic mass is 10.3. The first-order valence-corrected chi connectivity index (χ1v) is 8.86. The van der Waals surface area contributed by atoms with Gasteiger partial charge in [-0.05, 0) is 51.1 Å². The molecule has 0 saturated carbocycles. The molecule has 0 aromatic rings. The van der Waals surface area contributed by atoms with Gasteiger partial charge in [0.05, 0.1) is 32.3 Å². The van der Waals surface area contributed by atoms with E-state index in [0.29, 0.717) is 31.0 Å². The highest BCUT2D eigenvalue weighted by molar-refractivity contribution is 6.67. The first-order valence-electron chi connectivity index (χ1n) is 8.48. The number of aliphatic hydroxyl groups excluding tert-OH is 1. The van der Waals surface area contributed by atoms with E-state index in [1.807, 2.05) is 0 Å². The molecule has 0 atom stereocenters. The molecule has 0 aliphatic rings. The number of allylic oxidation sites excluding steroid dienone is 1. The first-order chi connectivity index (χ1) is 12.7. The van der Waals surface area contributed by atoms with Crippen LogP contribution in [0.5, 0.6) is 0 Å². The smallest absolute Gasteiger partial charge is 0.333 e. The zero-order valence-electron chi connectivity index (χ0n) is 16.5. The van der Waals surface area contributed by atoms with Crippen molar-refractivity contribution in [2.45, 2.75) is 39.5 Å². The van der Waals surface area contributed by atoms with Crippen LogP contribution in [0.1, 0.15) is 39.5 Å². The molecule has 7 heteroatoms. The van der Waals surface area contributed by atoms with Crippen molar-refractivity contribution < 1.29 is 28.9 Å². The maximum atomic E-state index is 10.9. The van der Waals surface area contributed by atoms with Gasteiger partial charge >= 0.3 is 5.97 Å². The molecule has 6 nitrogen and oxygen atoms in total. The van der Waals surface area contributed by atoms with Crippen LogP contribution in [0.2, 0.25) is 0 Å². The lowest BCUT2D eigenvalue weighted by molar-refractivity contribution is -0.139. The fourth-order valence-corrected chi connectivity index (χ4v) is 1.04. The minimum Gasteiger partial charge on any atom is -0.502 e. The summed E-state index contributed by atoms with van der Waals surface area (Å²) in [7, 11) is 0. The molecule has 0 saturated heterocycles. The summed E-state index contributed by atoms with van der Waals surface area (Å²) in [5.41, 5.74) is 0.819. The quantitative estimate of drug-likeness (QED) is 0.162. The molecule has 0 bridgehead atoms. The Bertz CT molecular complexity index is 434. The van der Waals surface area contributed by atoms with Gasteiger partial charge in [-0.2, -0.15) is 0 Å². The van der Waals surface area contributed by atoms with Gasteiger partial charge in [-0.3, -0.25) is 4.79 Å². The van der Waals surface area contributed by atoms with Crippen molar-refractivity contribution >= 4 is 22.8 Å². The van der Waals surface area contributed by atoms with Crippen molar-refractivity contribution in [1.82, 2.24) is 0 Å². The Balaban J connectivity index is -0.000000351. The third-order valence-electron chi connectivity index (χ3n) is 2.48. The predicted octanol–water partition coefficient (Wildman–Crippen LogP) is 4.29. The number of ether oxygens (including phenoxy) is 3. The monoisotopic (exact) mass is 404 g/mol. The third-order valence-corrected chi connectivity index (χ3v) is 2.80. The van der Waals surface area contributed by atoms with Gasteiger partial charge in [-0.1, -0.05) is 26.3 Å². The van der Waals surface area contributed by atoms with Crippen molar-refractivity contribution in [3.05, 3.63) is 50.0 Å². The van der Waals surface area contributed by atoms with Crippen molar-refractivity contribution in [3.8, 4) is 0 Å². The van der Waals surface area contributed by atoms with Gasteiger partial charge in [0.1, 0.15) is 0 Å². The van der Waals surface area contributed by atoms with Gasteiger partial charge in [0.15, 0.2) is 0 Å². The molecular weight excluding hydrogens is 372 g/mol. The van der Waals surface area contributed by atoms with Gasteiger partial charge in [0.2, 0.25) is 5.24 Å². The Morgan fingerprint density at radius 2 is 1.30 bits per heavy atom. The van der Waals surface area contributed by atoms with Crippen molar-refractivity contribution in [2.75, 3.05) is 26.4 Å². The highest BCUT2D eigenvalue weighted by atomic mass is 35.5. The van der Waals surface area contributed by atoms with E-state index in [2.05, 4.69) is 26.3 Å². The molecule has 0 fully saturated rings. The van der Waals surface area contributed by atoms with Gasteiger partial charge in [0, 0.05) is 17.8 Å². The van der Waals surface area contributed by atoms with Gasteiger partial charge < -0.3 is 19.3 Å². The van der Waals surface area contributed by atoms with E-state index in [9.17, 15) is 9.59 Å². The zero-order valence-corrected chi connectivity index (χ0v) is 17.3. The molecule has 0 amide bonds. The molecule has 1 N–H and O–H groups in total. The Labute approximate surface area is 168 Å². The number of hydrogen-bond donors (Lipinski definition) is 1. The number of carbonyl (C=O) groups excluding carboxylic acids is 2. The lowest BCUT2D eigenvalue weighted by Crippen LogP contribution is -2.06. The summed E-state index contributed by atoms with van der Waals surface area (Å²) in [6.07, 6.45) is 6.19. The molecule has 0 heterocycles. The largest absolute Gasteiger partial charge is 0.502 e. The summed E-state index contributed by atoms with van der Waals surface area (Å²) in [5, 5.41) is 7.82. The lowest BCUT2D eigenvalue weighted by Gasteiger charge is -2.03. The van der Waals surface area contributed by atoms with Crippen LogP contribution in [0.15, 0.2) is 50.0 Å². The second kappa shape index (κ2) is 23.9. The summed E-state index contributed by atoms with van der Waals surface area (Å²) in [6.45, 7) is 18.7. The first kappa shape index (κ1) is 29.7. The van der Waals surface area contributed by atoms with E-state index < -0.39 is 5.24 Å². The van der Waals surface area contributed by atoms with Gasteiger partial charge in [0.25, 0.3) is 0 Å². The number of aliphatic hydroxyl groups is 1. The summed E-state index contributed by atoms with van der Waals surface area (Å²) < 4.78 is 14.5. The minimum absolute atomic E-state index is 0.250. The molecule has 0 aliphatic heterocycles. The maximum Gasteiger partial charge on any atom is 0.333 e. The highest BCUT2D eigenvalue weighted by Gasteiger charge is 2.01. The highest BCUT2D eigenvalue weighted by Crippen LogP contribution is 1.96. The number of halogens is 1. The molecular formula is C20H33ClO6. The van der Waals surface area contributed by atoms with Gasteiger partial charge in [-0.25, -0.2) is 4.79 Å². The molecule has 0 radical (unpaired) electrons. The second-order valence-corrected chi connectivity index (χ2v) is 5.53. The SMILES string of the molecule is C=C(C)C(=O)Cl.C=COCCCCO.C=COCCCCOC(=O)C(=C)C. The summed E-state index contributed by atoms with van der Waals surface area (Å²) >= 11 is 4.87. The van der Waals surface area contributed by atoms with Crippen LogP contribution in [-0.4, -0.2) is 42.7 Å². The van der Waals surface area contributed by atoms with Crippen LogP contribution in [0.3, 0.4) is 0 Å². The van der Waals surface area contributed by atoms with Gasteiger partial charge in [-0.15, -0.1) is 0 Å². The zero-order chi connectivity index (χ0) is 21.5. The second-order valence-electron chi connectivity index (χ2n) is 5.18. The average molecular weight is 405 g/mol. The van der Waals surface area contributed by atoms with Crippen LogP contribution in [-0.2, 0) is 23.8 Å². The summed E-state index contributed by atoms with van der Waals surface area (Å²) in [4.78, 5) is 20.7. The summed E-state index contributed by atoms with van der Waals surface area (Å²) in [5.74, 6) is -0.329. The molecule has 0 rings (SSSR count). The van der Waals surface area contributed by atoms with Crippen molar-refractivity contribution in [1.29, 1.82) is 0 Å². The standard InChI is InChI=1S/C10H16O3.C6H12O2.C4H5ClO/c1-4-12-7-5-6-8-13-10(11)9(2)3;1-2-8-6-4-3-5-7;1-3(2)4(5)6/h4H,1-2,5-8H2,3H3;2,7H,1,3-6H2;1H2,2H3. The Morgan fingerprint density at radius 3 is 1.63 bits per heavy atom.